The van der Waals surface area contributed by atoms with Crippen molar-refractivity contribution in [1.82, 2.24) is 0 Å². The van der Waals surface area contributed by atoms with Gasteiger partial charge >= 0.3 is 0 Å². The number of fused-ring (bicyclic) bond motifs is 2. The van der Waals surface area contributed by atoms with Gasteiger partial charge in [0.15, 0.2) is 0 Å². The van der Waals surface area contributed by atoms with E-state index in [1.165, 1.54) is 49.4 Å². The van der Waals surface area contributed by atoms with E-state index in [-0.39, 0.29) is 0 Å². The molecule has 0 amide bonds. The maximum Gasteiger partial charge on any atom is -0.00237 e. The molecular formula is C27H22. The van der Waals surface area contributed by atoms with Crippen LogP contribution in [0.15, 0.2) is 91.0 Å². The Bertz CT molecular complexity index is 1210. The summed E-state index contributed by atoms with van der Waals surface area (Å²) in [5.41, 5.74) is 6.70. The van der Waals surface area contributed by atoms with Crippen molar-refractivity contribution in [1.29, 1.82) is 0 Å². The molecule has 0 aliphatic heterocycles. The molecule has 0 aromatic heterocycles. The van der Waals surface area contributed by atoms with E-state index in [0.29, 0.717) is 0 Å². The Morgan fingerprint density at radius 1 is 0.630 bits per heavy atom. The van der Waals surface area contributed by atoms with Crippen LogP contribution in [0.5, 0.6) is 0 Å². The molecule has 0 bridgehead atoms. The van der Waals surface area contributed by atoms with E-state index >= 15 is 0 Å². The quantitative estimate of drug-likeness (QED) is 0.326. The summed E-state index contributed by atoms with van der Waals surface area (Å²) >= 11 is 0. The number of benzene rings is 4. The van der Waals surface area contributed by atoms with Gasteiger partial charge in [0, 0.05) is 0 Å². The molecule has 1 aliphatic carbocycles. The van der Waals surface area contributed by atoms with Crippen LogP contribution >= 0.6 is 0 Å². The smallest absolute Gasteiger partial charge is 0.00237 e. The minimum atomic E-state index is 1.12. The highest BCUT2D eigenvalue weighted by molar-refractivity contribution is 6.20. The SMILES string of the molecule is Cc1cccc2c(C3=CCCC=C3)c3ccccc3c(-c3ccccc3)c12. The van der Waals surface area contributed by atoms with E-state index in [9.17, 15) is 0 Å². The van der Waals surface area contributed by atoms with Gasteiger partial charge in [-0.15, -0.1) is 0 Å². The summed E-state index contributed by atoms with van der Waals surface area (Å²) in [6.07, 6.45) is 9.26. The van der Waals surface area contributed by atoms with Crippen LogP contribution in [0, 0.1) is 6.92 Å². The molecule has 0 spiro atoms. The Morgan fingerprint density at radius 2 is 1.33 bits per heavy atom. The van der Waals surface area contributed by atoms with Crippen LogP contribution in [-0.4, -0.2) is 0 Å². The molecule has 0 unspecified atom stereocenters. The first-order valence-electron chi connectivity index (χ1n) is 9.71. The zero-order valence-electron chi connectivity index (χ0n) is 15.6. The lowest BCUT2D eigenvalue weighted by Gasteiger charge is -2.20. The molecular weight excluding hydrogens is 324 g/mol. The summed E-state index contributed by atoms with van der Waals surface area (Å²) in [4.78, 5) is 0. The summed E-state index contributed by atoms with van der Waals surface area (Å²) in [7, 11) is 0. The number of allylic oxidation sites excluding steroid dienone is 4. The standard InChI is InChI=1S/C27H22/c1-19-11-10-18-24-25(19)27(21-14-6-3-7-15-21)23-17-9-8-16-22(23)26(24)20-12-4-2-5-13-20/h3-4,6-18H,2,5H2,1H3. The van der Waals surface area contributed by atoms with E-state index in [0.717, 1.165) is 12.8 Å². The predicted molar refractivity (Wildman–Crippen MR) is 118 cm³/mol. The van der Waals surface area contributed by atoms with Crippen LogP contribution in [0.2, 0.25) is 0 Å². The molecule has 0 saturated heterocycles. The molecule has 0 nitrogen and oxygen atoms in total. The highest BCUT2D eigenvalue weighted by atomic mass is 14.2. The van der Waals surface area contributed by atoms with Gasteiger partial charge in [-0.3, -0.25) is 0 Å². The first-order valence-corrected chi connectivity index (χ1v) is 9.71. The molecule has 27 heavy (non-hydrogen) atoms. The molecule has 4 aromatic rings. The molecule has 0 fully saturated rings. The lowest BCUT2D eigenvalue weighted by molar-refractivity contribution is 1.04. The average molecular weight is 346 g/mol. The zero-order chi connectivity index (χ0) is 18.2. The summed E-state index contributed by atoms with van der Waals surface area (Å²) < 4.78 is 0. The number of rotatable bonds is 2. The summed E-state index contributed by atoms with van der Waals surface area (Å²) in [5.74, 6) is 0. The maximum absolute atomic E-state index is 2.39. The minimum absolute atomic E-state index is 1.12. The third-order valence-electron chi connectivity index (χ3n) is 5.60. The Labute approximate surface area is 160 Å². The van der Waals surface area contributed by atoms with Crippen LogP contribution < -0.4 is 0 Å². The molecule has 4 aromatic carbocycles. The van der Waals surface area contributed by atoms with Gasteiger partial charge < -0.3 is 0 Å². The molecule has 0 radical (unpaired) electrons. The van der Waals surface area contributed by atoms with Crippen molar-refractivity contribution in [3.05, 3.63) is 102 Å². The molecule has 130 valence electrons. The van der Waals surface area contributed by atoms with E-state index < -0.39 is 0 Å². The zero-order valence-corrected chi connectivity index (χ0v) is 15.6. The van der Waals surface area contributed by atoms with Crippen molar-refractivity contribution >= 4 is 27.1 Å². The molecule has 0 N–H and O–H groups in total. The van der Waals surface area contributed by atoms with Crippen molar-refractivity contribution in [2.45, 2.75) is 19.8 Å². The Balaban J connectivity index is 2.02. The normalized spacial score (nSPS) is 13.9. The third kappa shape index (κ3) is 2.61. The van der Waals surface area contributed by atoms with Crippen LogP contribution in [0.3, 0.4) is 0 Å². The van der Waals surface area contributed by atoms with Crippen molar-refractivity contribution < 1.29 is 0 Å². The average Bonchev–Trinajstić information content (AvgIpc) is 2.73. The van der Waals surface area contributed by atoms with Gasteiger partial charge in [-0.25, -0.2) is 0 Å². The van der Waals surface area contributed by atoms with E-state index in [1.54, 1.807) is 0 Å². The predicted octanol–water partition coefficient (Wildman–Crippen LogP) is 7.70. The van der Waals surface area contributed by atoms with Gasteiger partial charge in [0.2, 0.25) is 0 Å². The lowest BCUT2D eigenvalue weighted by atomic mass is 9.83. The van der Waals surface area contributed by atoms with Crippen LogP contribution in [0.25, 0.3) is 38.2 Å². The topological polar surface area (TPSA) is 0 Å². The Morgan fingerprint density at radius 3 is 2.07 bits per heavy atom. The van der Waals surface area contributed by atoms with Crippen molar-refractivity contribution in [3.8, 4) is 11.1 Å². The highest BCUT2D eigenvalue weighted by Crippen LogP contribution is 2.43. The van der Waals surface area contributed by atoms with Gasteiger partial charge in [0.1, 0.15) is 0 Å². The Hall–Kier alpha value is -3.12. The lowest BCUT2D eigenvalue weighted by Crippen LogP contribution is -1.95. The molecule has 1 aliphatic rings. The van der Waals surface area contributed by atoms with Gasteiger partial charge in [-0.2, -0.15) is 0 Å². The van der Waals surface area contributed by atoms with E-state index in [4.69, 9.17) is 0 Å². The van der Waals surface area contributed by atoms with Crippen molar-refractivity contribution in [3.63, 3.8) is 0 Å². The largest absolute Gasteiger partial charge is 0.0836 e. The summed E-state index contributed by atoms with van der Waals surface area (Å²) in [6.45, 7) is 2.23. The van der Waals surface area contributed by atoms with Crippen LogP contribution in [0.1, 0.15) is 24.0 Å². The second-order valence-corrected chi connectivity index (χ2v) is 7.30. The molecule has 0 atom stereocenters. The number of hydrogen-bond donors (Lipinski definition) is 0. The van der Waals surface area contributed by atoms with Crippen molar-refractivity contribution in [2.24, 2.45) is 0 Å². The summed E-state index contributed by atoms with van der Waals surface area (Å²) in [6, 6.07) is 26.4. The van der Waals surface area contributed by atoms with Gasteiger partial charge in [0.05, 0.1) is 0 Å². The van der Waals surface area contributed by atoms with Gasteiger partial charge in [-0.05, 0) is 69.1 Å². The number of aryl methyl sites for hydroxylation is 1. The fourth-order valence-corrected chi connectivity index (χ4v) is 4.42. The second kappa shape index (κ2) is 6.55. The van der Waals surface area contributed by atoms with Gasteiger partial charge in [0.25, 0.3) is 0 Å². The highest BCUT2D eigenvalue weighted by Gasteiger charge is 2.18. The minimum Gasteiger partial charge on any atom is -0.0836 e. The summed E-state index contributed by atoms with van der Waals surface area (Å²) in [5, 5.41) is 5.40. The van der Waals surface area contributed by atoms with E-state index in [1.807, 2.05) is 0 Å². The van der Waals surface area contributed by atoms with Crippen molar-refractivity contribution in [2.75, 3.05) is 0 Å². The van der Waals surface area contributed by atoms with E-state index in [2.05, 4.69) is 97.9 Å². The Kier molecular flexibility index (Phi) is 3.90. The maximum atomic E-state index is 2.39. The molecule has 0 heterocycles. The van der Waals surface area contributed by atoms with Gasteiger partial charge in [-0.1, -0.05) is 91.0 Å². The van der Waals surface area contributed by atoms with Crippen LogP contribution in [-0.2, 0) is 0 Å². The fourth-order valence-electron chi connectivity index (χ4n) is 4.42. The number of hydrogen-bond acceptors (Lipinski definition) is 0. The second-order valence-electron chi connectivity index (χ2n) is 7.30. The first kappa shape index (κ1) is 16.1. The van der Waals surface area contributed by atoms with Crippen LogP contribution in [0.4, 0.5) is 0 Å². The molecule has 0 heteroatoms. The molecule has 5 rings (SSSR count). The molecule has 0 saturated carbocycles. The third-order valence-corrected chi connectivity index (χ3v) is 5.60. The monoisotopic (exact) mass is 346 g/mol. The fraction of sp³-hybridized carbons (Fsp3) is 0.111. The first-order chi connectivity index (χ1) is 13.3.